The van der Waals surface area contributed by atoms with E-state index in [0.29, 0.717) is 0 Å². The minimum absolute atomic E-state index is 0.115. The molecule has 1 aromatic carbocycles. The van der Waals surface area contributed by atoms with E-state index in [4.69, 9.17) is 11.6 Å². The number of anilines is 1. The van der Waals surface area contributed by atoms with Crippen molar-refractivity contribution in [3.05, 3.63) is 33.3 Å². The fraction of sp³-hybridized carbons (Fsp3) is 0.250. The zero-order chi connectivity index (χ0) is 13.2. The van der Waals surface area contributed by atoms with E-state index in [-0.39, 0.29) is 16.4 Å². The van der Waals surface area contributed by atoms with Crippen LogP contribution in [0.2, 0.25) is 18.7 Å². The highest BCUT2D eigenvalue weighted by atomic mass is 35.5. The first-order valence-corrected chi connectivity index (χ1v) is 5.30. The molecule has 0 aromatic heterocycles. The molecule has 0 radical (unpaired) electrons. The molecule has 90 valence electrons. The second-order valence-electron chi connectivity index (χ2n) is 3.56. The molecule has 2 N–H and O–H groups in total. The lowest BCUT2D eigenvalue weighted by atomic mass is 9.68. The van der Waals surface area contributed by atoms with Gasteiger partial charge >= 0.3 is 14.1 Å². The molecule has 1 aromatic rings. The van der Waals surface area contributed by atoms with Crippen LogP contribution in [0.1, 0.15) is 0 Å². The van der Waals surface area contributed by atoms with Gasteiger partial charge in [-0.15, -0.1) is 0 Å². The maximum atomic E-state index is 10.9. The standard InChI is InChI=1S/C8H11B2ClN2O4/c1-9(14)12(10(2)15)7-4-3-6(11)5-8(7)13(16)17/h3-5,14-15H,1-2H3. The zero-order valence-corrected chi connectivity index (χ0v) is 10.1. The SMILES string of the molecule is CB(O)N(B(C)O)c1ccc(Cl)cc1[N+](=O)[O-]. The summed E-state index contributed by atoms with van der Waals surface area (Å²) in [6, 6.07) is 4.02. The maximum Gasteiger partial charge on any atom is 0.398 e. The van der Waals surface area contributed by atoms with Crippen molar-refractivity contribution >= 4 is 37.1 Å². The normalized spacial score (nSPS) is 9.94. The van der Waals surface area contributed by atoms with Crippen molar-refractivity contribution in [1.82, 2.24) is 0 Å². The van der Waals surface area contributed by atoms with Crippen LogP contribution in [0.5, 0.6) is 0 Å². The lowest BCUT2D eigenvalue weighted by Crippen LogP contribution is -2.47. The molecular weight excluding hydrogens is 245 g/mol. The van der Waals surface area contributed by atoms with E-state index in [2.05, 4.69) is 0 Å². The quantitative estimate of drug-likeness (QED) is 0.481. The van der Waals surface area contributed by atoms with Gasteiger partial charge in [-0.05, 0) is 25.8 Å². The van der Waals surface area contributed by atoms with Gasteiger partial charge in [0.2, 0.25) is 0 Å². The Labute approximate surface area is 104 Å². The summed E-state index contributed by atoms with van der Waals surface area (Å²) in [7, 11) is -2.12. The number of rotatable bonds is 4. The van der Waals surface area contributed by atoms with Crippen LogP contribution in [0.3, 0.4) is 0 Å². The van der Waals surface area contributed by atoms with Gasteiger partial charge in [-0.1, -0.05) is 11.6 Å². The second kappa shape index (κ2) is 5.39. The molecule has 0 spiro atoms. The van der Waals surface area contributed by atoms with E-state index in [0.717, 1.165) is 4.72 Å². The van der Waals surface area contributed by atoms with Crippen molar-refractivity contribution < 1.29 is 15.0 Å². The fourth-order valence-corrected chi connectivity index (χ4v) is 1.74. The fourth-order valence-electron chi connectivity index (χ4n) is 1.58. The molecule has 0 heterocycles. The van der Waals surface area contributed by atoms with E-state index in [9.17, 15) is 20.2 Å². The van der Waals surface area contributed by atoms with Crippen molar-refractivity contribution in [3.63, 3.8) is 0 Å². The van der Waals surface area contributed by atoms with E-state index >= 15 is 0 Å². The highest BCUT2D eigenvalue weighted by Gasteiger charge is 2.30. The Morgan fingerprint density at radius 2 is 1.88 bits per heavy atom. The third kappa shape index (κ3) is 3.12. The Kier molecular flexibility index (Phi) is 4.39. The van der Waals surface area contributed by atoms with Crippen LogP contribution in [0, 0.1) is 10.1 Å². The van der Waals surface area contributed by atoms with Crippen molar-refractivity contribution in [3.8, 4) is 0 Å². The molecule has 17 heavy (non-hydrogen) atoms. The van der Waals surface area contributed by atoms with E-state index in [1.165, 1.54) is 31.8 Å². The Hall–Kier alpha value is -1.24. The Balaban J connectivity index is 3.32. The molecule has 1 rings (SSSR count). The number of benzene rings is 1. The molecule has 0 saturated heterocycles. The molecule has 0 atom stereocenters. The Morgan fingerprint density at radius 3 is 2.29 bits per heavy atom. The van der Waals surface area contributed by atoms with Gasteiger partial charge in [0.05, 0.1) is 10.6 Å². The van der Waals surface area contributed by atoms with Gasteiger partial charge in [0.15, 0.2) is 0 Å². The van der Waals surface area contributed by atoms with Gasteiger partial charge < -0.3 is 14.8 Å². The molecule has 9 heteroatoms. The highest BCUT2D eigenvalue weighted by Crippen LogP contribution is 2.31. The molecule has 0 amide bonds. The molecule has 0 aliphatic heterocycles. The van der Waals surface area contributed by atoms with Gasteiger partial charge in [-0.25, -0.2) is 0 Å². The molecule has 0 saturated carbocycles. The first kappa shape index (κ1) is 13.8. The van der Waals surface area contributed by atoms with Crippen LogP contribution in [0.25, 0.3) is 0 Å². The summed E-state index contributed by atoms with van der Waals surface area (Å²) in [5.74, 6) is 0. The second-order valence-corrected chi connectivity index (χ2v) is 4.00. The average molecular weight is 256 g/mol. The summed E-state index contributed by atoms with van der Waals surface area (Å²) in [4.78, 5) is 10.3. The number of nitro benzene ring substituents is 1. The van der Waals surface area contributed by atoms with Crippen molar-refractivity contribution in [2.24, 2.45) is 0 Å². The predicted molar refractivity (Wildman–Crippen MR) is 68.3 cm³/mol. The molecule has 0 fully saturated rings. The molecule has 0 bridgehead atoms. The average Bonchev–Trinajstić information content (AvgIpc) is 2.19. The molecule has 0 aliphatic rings. The summed E-state index contributed by atoms with van der Waals surface area (Å²) < 4.78 is 1.12. The van der Waals surface area contributed by atoms with Gasteiger partial charge in [0, 0.05) is 11.1 Å². The molecule has 6 nitrogen and oxygen atoms in total. The third-order valence-corrected chi connectivity index (χ3v) is 2.45. The van der Waals surface area contributed by atoms with Crippen LogP contribution < -0.4 is 4.72 Å². The summed E-state index contributed by atoms with van der Waals surface area (Å²) in [6.07, 6.45) is 0. The number of nitro groups is 1. The van der Waals surface area contributed by atoms with Crippen molar-refractivity contribution in [1.29, 1.82) is 0 Å². The largest absolute Gasteiger partial charge is 0.433 e. The Bertz CT molecular complexity index is 422. The van der Waals surface area contributed by atoms with E-state index in [1.807, 2.05) is 0 Å². The summed E-state index contributed by atoms with van der Waals surface area (Å²) in [6.45, 7) is 2.82. The Morgan fingerprint density at radius 1 is 1.35 bits per heavy atom. The maximum absolute atomic E-state index is 10.9. The summed E-state index contributed by atoms with van der Waals surface area (Å²) >= 11 is 5.68. The van der Waals surface area contributed by atoms with Crippen LogP contribution in [0.15, 0.2) is 18.2 Å². The smallest absolute Gasteiger partial charge is 0.398 e. The van der Waals surface area contributed by atoms with Crippen LogP contribution in [-0.4, -0.2) is 29.1 Å². The molecular formula is C8H11B2ClN2O4. The topological polar surface area (TPSA) is 86.8 Å². The van der Waals surface area contributed by atoms with E-state index < -0.39 is 19.0 Å². The first-order chi connectivity index (χ1) is 7.84. The number of hydrogen-bond donors (Lipinski definition) is 2. The van der Waals surface area contributed by atoms with Crippen molar-refractivity contribution in [2.45, 2.75) is 13.6 Å². The number of halogens is 1. The van der Waals surface area contributed by atoms with Crippen LogP contribution >= 0.6 is 11.6 Å². The summed E-state index contributed by atoms with van der Waals surface area (Å²) in [5.41, 5.74) is -0.149. The van der Waals surface area contributed by atoms with E-state index in [1.54, 1.807) is 0 Å². The minimum atomic E-state index is -1.06. The van der Waals surface area contributed by atoms with Gasteiger partial charge in [-0.2, -0.15) is 0 Å². The van der Waals surface area contributed by atoms with Crippen LogP contribution in [0.4, 0.5) is 11.4 Å². The summed E-state index contributed by atoms with van der Waals surface area (Å²) in [5, 5.41) is 30.1. The number of nitrogens with zero attached hydrogens (tertiary/aromatic N) is 2. The van der Waals surface area contributed by atoms with Crippen molar-refractivity contribution in [2.75, 3.05) is 4.72 Å². The van der Waals surface area contributed by atoms with Gasteiger partial charge in [0.1, 0.15) is 0 Å². The van der Waals surface area contributed by atoms with Crippen LogP contribution in [-0.2, 0) is 0 Å². The molecule has 0 unspecified atom stereocenters. The predicted octanol–water partition coefficient (Wildman–Crippen LogP) is 1.28. The van der Waals surface area contributed by atoms with Gasteiger partial charge in [0.25, 0.3) is 5.69 Å². The number of hydrogen-bond acceptors (Lipinski definition) is 5. The molecule has 0 aliphatic carbocycles. The highest BCUT2D eigenvalue weighted by molar-refractivity contribution is 6.75. The minimum Gasteiger partial charge on any atom is -0.433 e. The third-order valence-electron chi connectivity index (χ3n) is 2.22. The lowest BCUT2D eigenvalue weighted by molar-refractivity contribution is -0.384. The monoisotopic (exact) mass is 256 g/mol. The lowest BCUT2D eigenvalue weighted by Gasteiger charge is -2.26. The zero-order valence-electron chi connectivity index (χ0n) is 9.37. The van der Waals surface area contributed by atoms with Gasteiger partial charge in [-0.3, -0.25) is 10.1 Å². The first-order valence-electron chi connectivity index (χ1n) is 4.93.